The van der Waals surface area contributed by atoms with Crippen molar-refractivity contribution in [3.63, 3.8) is 0 Å². The molecule has 0 unspecified atom stereocenters. The summed E-state index contributed by atoms with van der Waals surface area (Å²) < 4.78 is 43.4. The van der Waals surface area contributed by atoms with Gasteiger partial charge in [0.1, 0.15) is 12.4 Å². The number of pyridine rings is 1. The van der Waals surface area contributed by atoms with Crippen LogP contribution in [0.5, 0.6) is 5.75 Å². The van der Waals surface area contributed by atoms with Crippen molar-refractivity contribution < 1.29 is 47.8 Å². The van der Waals surface area contributed by atoms with Crippen LogP contribution in [-0.2, 0) is 33.2 Å². The molecule has 0 aliphatic carbocycles. The van der Waals surface area contributed by atoms with Crippen molar-refractivity contribution in [1.82, 2.24) is 4.98 Å². The normalized spacial score (nSPS) is 11.0. The molecule has 2 rings (SSSR count). The van der Waals surface area contributed by atoms with E-state index >= 15 is 0 Å². The van der Waals surface area contributed by atoms with Crippen molar-refractivity contribution in [2.24, 2.45) is 5.11 Å². The van der Waals surface area contributed by atoms with Gasteiger partial charge in [-0.2, -0.15) is 0 Å². The average molecular weight is 567 g/mol. The number of carboxylic acid groups (broad SMARTS) is 1. The van der Waals surface area contributed by atoms with Gasteiger partial charge in [-0.3, -0.25) is 4.98 Å². The maximum atomic E-state index is 11.4. The number of aromatic carboxylic acids is 1. The second-order valence-corrected chi connectivity index (χ2v) is 7.93. The molecule has 2 aromatic rings. The lowest BCUT2D eigenvalue weighted by Crippen LogP contribution is -2.15. The highest BCUT2D eigenvalue weighted by Crippen LogP contribution is 2.22. The summed E-state index contributed by atoms with van der Waals surface area (Å²) in [6.45, 7) is 6.96. The maximum Gasteiger partial charge on any atom is 0.336 e. The molecule has 1 N–H and O–H groups in total. The fourth-order valence-electron chi connectivity index (χ4n) is 3.19. The lowest BCUT2D eigenvalue weighted by molar-refractivity contribution is -0.0210. The predicted octanol–water partition coefficient (Wildman–Crippen LogP) is 2.74. The van der Waals surface area contributed by atoms with Gasteiger partial charge in [0.15, 0.2) is 0 Å². The Hall–Kier alpha value is -3.07. The van der Waals surface area contributed by atoms with Gasteiger partial charge in [-0.25, -0.2) is 4.79 Å². The zero-order valence-corrected chi connectivity index (χ0v) is 22.6. The molecule has 0 amide bonds. The second-order valence-electron chi connectivity index (χ2n) is 7.93. The Morgan fingerprint density at radius 2 is 1.20 bits per heavy atom. The van der Waals surface area contributed by atoms with E-state index in [2.05, 4.69) is 15.0 Å². The zero-order chi connectivity index (χ0) is 28.5. The molecule has 0 saturated heterocycles. The predicted molar refractivity (Wildman–Crippen MR) is 144 cm³/mol. The Morgan fingerprint density at radius 1 is 0.725 bits per heavy atom. The molecule has 0 aliphatic heterocycles. The van der Waals surface area contributed by atoms with E-state index in [9.17, 15) is 9.90 Å². The lowest BCUT2D eigenvalue weighted by atomic mass is 10.1. The van der Waals surface area contributed by atoms with Crippen LogP contribution in [0.3, 0.4) is 0 Å². The topological polar surface area (TPSA) is 173 Å². The number of aromatic nitrogens is 1. The third-order valence-corrected chi connectivity index (χ3v) is 5.07. The number of carbonyl (C=O) groups is 1. The maximum absolute atomic E-state index is 11.4. The highest BCUT2D eigenvalue weighted by atomic mass is 16.6. The standard InChI is InChI=1S/C26H38N4O10/c27-30-29-5-6-33-7-8-34-9-10-35-11-12-36-13-14-37-15-16-38-17-18-39-19-20-40-22-1-2-25-24(21-22)23(26(31)32)3-4-28-25/h1-4,21H,5-20H2,(H,31,32). The van der Waals surface area contributed by atoms with Crippen LogP contribution in [0, 0.1) is 0 Å². The van der Waals surface area contributed by atoms with Crippen molar-refractivity contribution in [2.45, 2.75) is 0 Å². The monoisotopic (exact) mass is 566 g/mol. The minimum Gasteiger partial charge on any atom is -0.491 e. The van der Waals surface area contributed by atoms with E-state index in [1.165, 1.54) is 12.3 Å². The number of nitrogens with zero attached hydrogens (tertiary/aromatic N) is 4. The summed E-state index contributed by atoms with van der Waals surface area (Å²) in [5.74, 6) is -0.451. The summed E-state index contributed by atoms with van der Waals surface area (Å²) in [6.07, 6.45) is 1.47. The Kier molecular flexibility index (Phi) is 18.8. The van der Waals surface area contributed by atoms with Gasteiger partial charge in [0.05, 0.1) is 104 Å². The number of carboxylic acids is 1. The number of rotatable bonds is 26. The van der Waals surface area contributed by atoms with Crippen molar-refractivity contribution >= 4 is 16.9 Å². The molecule has 1 aromatic carbocycles. The number of fused-ring (bicyclic) bond motifs is 1. The van der Waals surface area contributed by atoms with Gasteiger partial charge >= 0.3 is 5.97 Å². The van der Waals surface area contributed by atoms with Crippen LogP contribution in [0.1, 0.15) is 10.4 Å². The molecule has 0 saturated carbocycles. The second kappa shape index (κ2) is 22.7. The zero-order valence-electron chi connectivity index (χ0n) is 22.6. The lowest BCUT2D eigenvalue weighted by Gasteiger charge is -2.09. The van der Waals surface area contributed by atoms with Crippen LogP contribution in [0.4, 0.5) is 0 Å². The van der Waals surface area contributed by atoms with E-state index < -0.39 is 5.97 Å². The fraction of sp³-hybridized carbons (Fsp3) is 0.615. The van der Waals surface area contributed by atoms with E-state index in [0.29, 0.717) is 122 Å². The van der Waals surface area contributed by atoms with Crippen LogP contribution < -0.4 is 4.74 Å². The molecule has 0 atom stereocenters. The van der Waals surface area contributed by atoms with E-state index in [1.54, 1.807) is 18.2 Å². The smallest absolute Gasteiger partial charge is 0.336 e. The van der Waals surface area contributed by atoms with E-state index in [0.717, 1.165) is 0 Å². The summed E-state index contributed by atoms with van der Waals surface area (Å²) in [5.41, 5.74) is 8.91. The van der Waals surface area contributed by atoms with E-state index in [1.807, 2.05) is 0 Å². The van der Waals surface area contributed by atoms with Gasteiger partial charge in [0.25, 0.3) is 0 Å². The number of ether oxygens (including phenoxy) is 8. The van der Waals surface area contributed by atoms with Gasteiger partial charge < -0.3 is 43.0 Å². The number of benzene rings is 1. The first kappa shape index (κ1) is 33.1. The van der Waals surface area contributed by atoms with Crippen LogP contribution >= 0.6 is 0 Å². The van der Waals surface area contributed by atoms with Crippen LogP contribution in [0.2, 0.25) is 0 Å². The molecule has 14 heteroatoms. The summed E-state index contributed by atoms with van der Waals surface area (Å²) in [5, 5.41) is 13.2. The summed E-state index contributed by atoms with van der Waals surface area (Å²) in [6, 6.07) is 6.61. The SMILES string of the molecule is [N-]=[N+]=NCCOCCOCCOCCOCCOCCOCCOCCOc1ccc2nccc(C(=O)O)c2c1. The van der Waals surface area contributed by atoms with Crippen molar-refractivity contribution in [1.29, 1.82) is 0 Å². The molecule has 14 nitrogen and oxygen atoms in total. The number of azide groups is 1. The van der Waals surface area contributed by atoms with Gasteiger partial charge in [-0.1, -0.05) is 5.11 Å². The number of hydrogen-bond acceptors (Lipinski definition) is 11. The molecule has 0 fully saturated rings. The summed E-state index contributed by atoms with van der Waals surface area (Å²) >= 11 is 0. The van der Waals surface area contributed by atoms with Crippen molar-refractivity contribution in [3.05, 3.63) is 46.5 Å². The largest absolute Gasteiger partial charge is 0.491 e. The van der Waals surface area contributed by atoms with Gasteiger partial charge in [-0.05, 0) is 29.8 Å². The quantitative estimate of drug-likeness (QED) is 0.0767. The minimum atomic E-state index is -1.01. The van der Waals surface area contributed by atoms with Gasteiger partial charge in [0, 0.05) is 23.0 Å². The molecule has 1 aromatic heterocycles. The fourth-order valence-corrected chi connectivity index (χ4v) is 3.19. The summed E-state index contributed by atoms with van der Waals surface area (Å²) in [7, 11) is 0. The average Bonchev–Trinajstić information content (AvgIpc) is 2.96. The van der Waals surface area contributed by atoms with Crippen LogP contribution in [0.25, 0.3) is 21.3 Å². The van der Waals surface area contributed by atoms with E-state index in [-0.39, 0.29) is 5.56 Å². The van der Waals surface area contributed by atoms with Crippen LogP contribution in [0.15, 0.2) is 35.6 Å². The van der Waals surface area contributed by atoms with Gasteiger partial charge in [-0.15, -0.1) is 0 Å². The minimum absolute atomic E-state index is 0.185. The first-order valence-electron chi connectivity index (χ1n) is 13.0. The highest BCUT2D eigenvalue weighted by Gasteiger charge is 2.09. The molecular weight excluding hydrogens is 528 g/mol. The van der Waals surface area contributed by atoms with E-state index in [4.69, 9.17) is 43.4 Å². The molecule has 0 spiro atoms. The third kappa shape index (κ3) is 15.5. The Morgan fingerprint density at radius 3 is 1.68 bits per heavy atom. The first-order chi connectivity index (χ1) is 19.7. The van der Waals surface area contributed by atoms with Gasteiger partial charge in [0.2, 0.25) is 0 Å². The van der Waals surface area contributed by atoms with Crippen LogP contribution in [-0.4, -0.2) is 122 Å². The summed E-state index contributed by atoms with van der Waals surface area (Å²) in [4.78, 5) is 18.2. The Bertz CT molecular complexity index is 1010. The molecule has 0 aliphatic rings. The Labute approximate surface area is 233 Å². The van der Waals surface area contributed by atoms with Crippen molar-refractivity contribution in [3.8, 4) is 5.75 Å². The first-order valence-corrected chi connectivity index (χ1v) is 13.0. The molecule has 0 bridgehead atoms. The molecule has 1 heterocycles. The molecule has 40 heavy (non-hydrogen) atoms. The number of hydrogen-bond donors (Lipinski definition) is 1. The third-order valence-electron chi connectivity index (χ3n) is 5.07. The Balaban J connectivity index is 1.30. The van der Waals surface area contributed by atoms with Crippen molar-refractivity contribution in [2.75, 3.05) is 106 Å². The highest BCUT2D eigenvalue weighted by molar-refractivity contribution is 6.02. The molecular formula is C26H38N4O10. The molecule has 222 valence electrons. The molecule has 0 radical (unpaired) electrons.